The molecular weight excluding hydrogens is 338 g/mol. The van der Waals surface area contributed by atoms with Crippen molar-refractivity contribution in [3.63, 3.8) is 0 Å². The lowest BCUT2D eigenvalue weighted by molar-refractivity contribution is 0.0223. The first-order valence-electron chi connectivity index (χ1n) is 9.15. The predicted molar refractivity (Wildman–Crippen MR) is 104 cm³/mol. The lowest BCUT2D eigenvalue weighted by Gasteiger charge is -2.37. The second-order valence-electron chi connectivity index (χ2n) is 6.86. The van der Waals surface area contributed by atoms with Crippen LogP contribution in [0.2, 0.25) is 0 Å². The fourth-order valence-corrected chi connectivity index (χ4v) is 4.30. The Morgan fingerprint density at radius 2 is 1.56 bits per heavy atom. The van der Waals surface area contributed by atoms with E-state index in [1.54, 1.807) is 0 Å². The van der Waals surface area contributed by atoms with Crippen LogP contribution in [0.25, 0.3) is 0 Å². The van der Waals surface area contributed by atoms with Crippen LogP contribution < -0.4 is 10.1 Å². The van der Waals surface area contributed by atoms with Crippen LogP contribution in [0, 0.1) is 6.92 Å². The van der Waals surface area contributed by atoms with E-state index < -0.39 is 5.60 Å². The Labute approximate surface area is 157 Å². The highest BCUT2D eigenvalue weighted by atomic mass is 16.6. The van der Waals surface area contributed by atoms with Gasteiger partial charge in [0.2, 0.25) is 0 Å². The molecule has 0 amide bonds. The summed E-state index contributed by atoms with van der Waals surface area (Å²) < 4.78 is 12.3. The first kappa shape index (κ1) is 15.9. The first-order chi connectivity index (χ1) is 13.2. The minimum atomic E-state index is -0.993. The molecule has 4 heteroatoms. The molecule has 0 saturated carbocycles. The summed E-state index contributed by atoms with van der Waals surface area (Å²) in [7, 11) is 0. The minimum absolute atomic E-state index is 0.303. The van der Waals surface area contributed by atoms with E-state index in [9.17, 15) is 4.79 Å². The van der Waals surface area contributed by atoms with Gasteiger partial charge in [-0.15, -0.1) is 0 Å². The molecule has 2 heterocycles. The molecule has 2 aliphatic heterocycles. The van der Waals surface area contributed by atoms with Gasteiger partial charge in [0.25, 0.3) is 0 Å². The summed E-state index contributed by atoms with van der Waals surface area (Å²) in [5.41, 5.74) is 4.25. The Bertz CT molecular complexity index is 1040. The fourth-order valence-electron chi connectivity index (χ4n) is 4.30. The molecule has 0 radical (unpaired) electrons. The van der Waals surface area contributed by atoms with E-state index in [1.807, 2.05) is 67.6 Å². The number of hydrogen-bond acceptors (Lipinski definition) is 4. The lowest BCUT2D eigenvalue weighted by Crippen LogP contribution is -2.33. The number of rotatable bonds is 2. The molecule has 0 bridgehead atoms. The van der Waals surface area contributed by atoms with E-state index >= 15 is 0 Å². The van der Waals surface area contributed by atoms with E-state index in [0.717, 1.165) is 34.5 Å². The number of carbonyl (C=O) groups excluding carboxylic acids is 1. The van der Waals surface area contributed by atoms with Crippen molar-refractivity contribution in [3.8, 4) is 11.5 Å². The molecule has 0 fully saturated rings. The Kier molecular flexibility index (Phi) is 3.31. The molecule has 1 N–H and O–H groups in total. The smallest absolute Gasteiger partial charge is 0.340 e. The summed E-state index contributed by atoms with van der Waals surface area (Å²) in [6.45, 7) is 4.90. The summed E-state index contributed by atoms with van der Waals surface area (Å²) in [5.74, 6) is 1.12. The molecule has 27 heavy (non-hydrogen) atoms. The molecule has 3 aromatic carbocycles. The predicted octanol–water partition coefficient (Wildman–Crippen LogP) is 4.99. The Balaban J connectivity index is 1.90. The average molecular weight is 357 g/mol. The van der Waals surface area contributed by atoms with Crippen LogP contribution in [-0.2, 0) is 10.3 Å². The van der Waals surface area contributed by atoms with Crippen molar-refractivity contribution in [2.45, 2.75) is 19.4 Å². The zero-order chi connectivity index (χ0) is 18.6. The van der Waals surface area contributed by atoms with Gasteiger partial charge in [-0.2, -0.15) is 0 Å². The monoisotopic (exact) mass is 357 g/mol. The summed E-state index contributed by atoms with van der Waals surface area (Å²) >= 11 is 0. The molecule has 134 valence electrons. The van der Waals surface area contributed by atoms with Gasteiger partial charge in [-0.05, 0) is 43.7 Å². The first-order valence-corrected chi connectivity index (χ1v) is 9.15. The van der Waals surface area contributed by atoms with Gasteiger partial charge in [-0.25, -0.2) is 4.79 Å². The minimum Gasteiger partial charge on any atom is -0.456 e. The highest BCUT2D eigenvalue weighted by Crippen LogP contribution is 2.57. The molecule has 0 aromatic heterocycles. The van der Waals surface area contributed by atoms with Crippen molar-refractivity contribution in [1.82, 2.24) is 0 Å². The van der Waals surface area contributed by atoms with Gasteiger partial charge in [0, 0.05) is 28.9 Å². The van der Waals surface area contributed by atoms with Gasteiger partial charge < -0.3 is 14.8 Å². The quantitative estimate of drug-likeness (QED) is 0.656. The van der Waals surface area contributed by atoms with Gasteiger partial charge >= 0.3 is 5.97 Å². The molecule has 5 rings (SSSR count). The maximum atomic E-state index is 12.9. The van der Waals surface area contributed by atoms with Crippen LogP contribution >= 0.6 is 0 Å². The number of para-hydroxylation sites is 2. The summed E-state index contributed by atoms with van der Waals surface area (Å²) in [4.78, 5) is 12.9. The maximum absolute atomic E-state index is 12.9. The normalized spacial score (nSPS) is 15.4. The van der Waals surface area contributed by atoms with Crippen LogP contribution in [0.5, 0.6) is 11.5 Å². The second-order valence-corrected chi connectivity index (χ2v) is 6.86. The van der Waals surface area contributed by atoms with Crippen LogP contribution in [0.3, 0.4) is 0 Å². The van der Waals surface area contributed by atoms with Crippen molar-refractivity contribution in [3.05, 3.63) is 88.5 Å². The third-order valence-corrected chi connectivity index (χ3v) is 5.40. The molecule has 0 atom stereocenters. The van der Waals surface area contributed by atoms with Crippen LogP contribution in [0.15, 0.2) is 60.7 Å². The molecular formula is C23H19NO3. The largest absolute Gasteiger partial charge is 0.456 e. The van der Waals surface area contributed by atoms with Gasteiger partial charge in [-0.3, -0.25) is 0 Å². The number of ether oxygens (including phenoxy) is 2. The van der Waals surface area contributed by atoms with Crippen LogP contribution in [0.1, 0.15) is 39.5 Å². The van der Waals surface area contributed by atoms with E-state index in [-0.39, 0.29) is 5.97 Å². The van der Waals surface area contributed by atoms with E-state index in [0.29, 0.717) is 17.1 Å². The van der Waals surface area contributed by atoms with Crippen molar-refractivity contribution in [2.75, 3.05) is 11.9 Å². The standard InChI is InChI=1S/C23H19NO3/c1-3-24-18-13-12-15-21(14(18)2)23(27-22(15)25)16-8-4-6-10-19(16)26-20-11-7-5-9-17(20)23/h4-13,24H,3H2,1-2H3. The fraction of sp³-hybridized carbons (Fsp3) is 0.174. The van der Waals surface area contributed by atoms with E-state index in [4.69, 9.17) is 9.47 Å². The zero-order valence-electron chi connectivity index (χ0n) is 15.2. The third kappa shape index (κ3) is 2.01. The number of esters is 1. The SMILES string of the molecule is CCNc1ccc2c(c1C)C1(OC2=O)c2ccccc2Oc2ccccc21. The van der Waals surface area contributed by atoms with E-state index in [1.165, 1.54) is 0 Å². The molecule has 0 unspecified atom stereocenters. The Morgan fingerprint density at radius 3 is 2.19 bits per heavy atom. The van der Waals surface area contributed by atoms with Gasteiger partial charge in [0.15, 0.2) is 5.60 Å². The van der Waals surface area contributed by atoms with Crippen LogP contribution in [-0.4, -0.2) is 12.5 Å². The zero-order valence-corrected chi connectivity index (χ0v) is 15.2. The van der Waals surface area contributed by atoms with Gasteiger partial charge in [0.1, 0.15) is 11.5 Å². The van der Waals surface area contributed by atoms with Crippen molar-refractivity contribution < 1.29 is 14.3 Å². The highest BCUT2D eigenvalue weighted by Gasteiger charge is 2.54. The molecule has 0 aliphatic carbocycles. The number of anilines is 1. The average Bonchev–Trinajstić information content (AvgIpc) is 2.98. The Morgan fingerprint density at radius 1 is 0.926 bits per heavy atom. The number of nitrogens with one attached hydrogen (secondary N) is 1. The van der Waals surface area contributed by atoms with Crippen LogP contribution in [0.4, 0.5) is 5.69 Å². The van der Waals surface area contributed by atoms with Crippen molar-refractivity contribution in [1.29, 1.82) is 0 Å². The van der Waals surface area contributed by atoms with Gasteiger partial charge in [0.05, 0.1) is 5.56 Å². The summed E-state index contributed by atoms with van der Waals surface area (Å²) in [6.07, 6.45) is 0. The lowest BCUT2D eigenvalue weighted by atomic mass is 9.76. The Hall–Kier alpha value is -3.27. The number of carbonyl (C=O) groups is 1. The van der Waals surface area contributed by atoms with E-state index in [2.05, 4.69) is 12.2 Å². The second kappa shape index (κ2) is 5.61. The maximum Gasteiger partial charge on any atom is 0.340 e. The third-order valence-electron chi connectivity index (χ3n) is 5.40. The molecule has 4 nitrogen and oxygen atoms in total. The number of benzene rings is 3. The molecule has 1 spiro atoms. The highest BCUT2D eigenvalue weighted by molar-refractivity contribution is 5.98. The number of fused-ring (bicyclic) bond motifs is 6. The number of hydrogen-bond donors (Lipinski definition) is 1. The van der Waals surface area contributed by atoms with Crippen molar-refractivity contribution in [2.24, 2.45) is 0 Å². The molecule has 3 aromatic rings. The molecule has 2 aliphatic rings. The molecule has 0 saturated heterocycles. The summed E-state index contributed by atoms with van der Waals surface area (Å²) in [6, 6.07) is 19.4. The van der Waals surface area contributed by atoms with Gasteiger partial charge in [-0.1, -0.05) is 36.4 Å². The van der Waals surface area contributed by atoms with Crippen molar-refractivity contribution >= 4 is 11.7 Å². The summed E-state index contributed by atoms with van der Waals surface area (Å²) in [5, 5.41) is 3.39. The topological polar surface area (TPSA) is 47.6 Å².